The number of aromatic nitrogens is 3. The summed E-state index contributed by atoms with van der Waals surface area (Å²) in [5, 5.41) is 8.19. The van der Waals surface area contributed by atoms with E-state index in [9.17, 15) is 9.59 Å². The molecule has 0 radical (unpaired) electrons. The van der Waals surface area contributed by atoms with Crippen LogP contribution in [0, 0.1) is 6.92 Å². The second kappa shape index (κ2) is 7.02. The Hall–Kier alpha value is -2.74. The summed E-state index contributed by atoms with van der Waals surface area (Å²) in [6.45, 7) is 5.95. The third-order valence-electron chi connectivity index (χ3n) is 3.86. The van der Waals surface area contributed by atoms with Crippen molar-refractivity contribution >= 4 is 11.9 Å². The number of nitrogens with zero attached hydrogens (tertiary/aromatic N) is 4. The Morgan fingerprint density at radius 1 is 1.32 bits per heavy atom. The van der Waals surface area contributed by atoms with E-state index in [1.54, 1.807) is 19.1 Å². The molecule has 0 N–H and O–H groups in total. The normalized spacial score (nSPS) is 19.9. The average molecular weight is 344 g/mol. The molecule has 1 saturated heterocycles. The summed E-state index contributed by atoms with van der Waals surface area (Å²) in [5.74, 6) is -0.884. The molecular formula is C17H20N4O4. The predicted molar refractivity (Wildman–Crippen MR) is 88.1 cm³/mol. The Bertz CT molecular complexity index is 775. The lowest BCUT2D eigenvalue weighted by molar-refractivity contribution is -0.161. The van der Waals surface area contributed by atoms with Gasteiger partial charge < -0.3 is 14.4 Å². The van der Waals surface area contributed by atoms with Gasteiger partial charge in [0.05, 0.1) is 42.9 Å². The molecule has 1 aliphatic heterocycles. The molecule has 8 heteroatoms. The standard InChI is InChI=1S/C17H20N4O4/c1-4-24-17(23)16-20(10-12(3)25-16)15(22)13-9-11(2)5-6-14(13)21-18-7-8-19-21/h5-9,12,16H,4,10H2,1-3H3/t12-,16?/m1/s1. The number of ether oxygens (including phenoxy) is 2. The summed E-state index contributed by atoms with van der Waals surface area (Å²) in [5.41, 5.74) is 1.87. The van der Waals surface area contributed by atoms with Crippen molar-refractivity contribution in [2.45, 2.75) is 33.1 Å². The van der Waals surface area contributed by atoms with Crippen LogP contribution in [0.2, 0.25) is 0 Å². The molecule has 3 rings (SSSR count). The van der Waals surface area contributed by atoms with Crippen LogP contribution >= 0.6 is 0 Å². The Balaban J connectivity index is 1.97. The van der Waals surface area contributed by atoms with Crippen molar-refractivity contribution in [2.24, 2.45) is 0 Å². The maximum Gasteiger partial charge on any atom is 0.356 e. The number of benzene rings is 1. The van der Waals surface area contributed by atoms with Gasteiger partial charge >= 0.3 is 5.97 Å². The first-order valence-electron chi connectivity index (χ1n) is 8.11. The van der Waals surface area contributed by atoms with Crippen LogP contribution in [0.3, 0.4) is 0 Å². The van der Waals surface area contributed by atoms with Crippen LogP contribution < -0.4 is 0 Å². The smallest absolute Gasteiger partial charge is 0.356 e. The number of hydrogen-bond donors (Lipinski definition) is 0. The van der Waals surface area contributed by atoms with E-state index in [2.05, 4.69) is 10.2 Å². The number of esters is 1. The van der Waals surface area contributed by atoms with Crippen LogP contribution in [-0.2, 0) is 14.3 Å². The number of hydrogen-bond acceptors (Lipinski definition) is 6. The van der Waals surface area contributed by atoms with Crippen LogP contribution in [0.5, 0.6) is 0 Å². The quantitative estimate of drug-likeness (QED) is 0.778. The molecule has 0 saturated carbocycles. The third kappa shape index (κ3) is 3.39. The molecule has 132 valence electrons. The van der Waals surface area contributed by atoms with Gasteiger partial charge in [0.2, 0.25) is 6.23 Å². The molecule has 2 aromatic rings. The highest BCUT2D eigenvalue weighted by molar-refractivity contribution is 6.00. The largest absolute Gasteiger partial charge is 0.463 e. The van der Waals surface area contributed by atoms with Crippen LogP contribution in [-0.4, -0.2) is 57.3 Å². The minimum Gasteiger partial charge on any atom is -0.463 e. The number of carbonyl (C=O) groups is 2. The van der Waals surface area contributed by atoms with Gasteiger partial charge in [0.25, 0.3) is 5.91 Å². The SMILES string of the molecule is CCOC(=O)C1O[C@H](C)CN1C(=O)c1cc(C)ccc1-n1nccn1. The third-order valence-corrected chi connectivity index (χ3v) is 3.86. The van der Waals surface area contributed by atoms with Crippen molar-refractivity contribution in [3.8, 4) is 5.69 Å². The monoisotopic (exact) mass is 344 g/mol. The molecule has 1 amide bonds. The van der Waals surface area contributed by atoms with Crippen molar-refractivity contribution < 1.29 is 19.1 Å². The molecule has 8 nitrogen and oxygen atoms in total. The Kier molecular flexibility index (Phi) is 4.80. The molecule has 0 spiro atoms. The van der Waals surface area contributed by atoms with E-state index in [0.29, 0.717) is 17.8 Å². The molecule has 1 unspecified atom stereocenters. The fraction of sp³-hybridized carbons (Fsp3) is 0.412. The second-order valence-corrected chi connectivity index (χ2v) is 5.85. The summed E-state index contributed by atoms with van der Waals surface area (Å²) in [6.07, 6.45) is 1.78. The fourth-order valence-electron chi connectivity index (χ4n) is 2.79. The first kappa shape index (κ1) is 17.1. The molecule has 1 fully saturated rings. The molecule has 25 heavy (non-hydrogen) atoms. The molecule has 2 atom stereocenters. The highest BCUT2D eigenvalue weighted by Crippen LogP contribution is 2.24. The lowest BCUT2D eigenvalue weighted by Crippen LogP contribution is -2.42. The minimum atomic E-state index is -1.04. The van der Waals surface area contributed by atoms with Gasteiger partial charge in [-0.2, -0.15) is 15.0 Å². The molecular weight excluding hydrogens is 324 g/mol. The van der Waals surface area contributed by atoms with Gasteiger partial charge in [-0.1, -0.05) is 11.6 Å². The van der Waals surface area contributed by atoms with Crippen LogP contribution in [0.1, 0.15) is 29.8 Å². The number of carbonyl (C=O) groups excluding carboxylic acids is 2. The van der Waals surface area contributed by atoms with Gasteiger partial charge in [-0.05, 0) is 32.9 Å². The second-order valence-electron chi connectivity index (χ2n) is 5.85. The van der Waals surface area contributed by atoms with Gasteiger partial charge in [0, 0.05) is 0 Å². The molecule has 1 aromatic heterocycles. The van der Waals surface area contributed by atoms with Crippen LogP contribution in [0.4, 0.5) is 0 Å². The molecule has 1 aliphatic rings. The van der Waals surface area contributed by atoms with Crippen LogP contribution in [0.25, 0.3) is 5.69 Å². The Labute approximate surface area is 145 Å². The van der Waals surface area contributed by atoms with Crippen molar-refractivity contribution in [2.75, 3.05) is 13.2 Å². The summed E-state index contributed by atoms with van der Waals surface area (Å²) < 4.78 is 10.6. The lowest BCUT2D eigenvalue weighted by Gasteiger charge is -2.22. The summed E-state index contributed by atoms with van der Waals surface area (Å²) in [7, 11) is 0. The van der Waals surface area contributed by atoms with E-state index in [1.807, 2.05) is 19.9 Å². The predicted octanol–water partition coefficient (Wildman–Crippen LogP) is 1.33. The molecule has 0 aliphatic carbocycles. The van der Waals surface area contributed by atoms with Gasteiger partial charge in [-0.15, -0.1) is 0 Å². The first-order chi connectivity index (χ1) is 12.0. The fourth-order valence-corrected chi connectivity index (χ4v) is 2.79. The highest BCUT2D eigenvalue weighted by Gasteiger charge is 2.41. The van der Waals surface area contributed by atoms with E-state index >= 15 is 0 Å². The highest BCUT2D eigenvalue weighted by atomic mass is 16.6. The van der Waals surface area contributed by atoms with Gasteiger partial charge in [-0.25, -0.2) is 4.79 Å². The maximum absolute atomic E-state index is 13.1. The van der Waals surface area contributed by atoms with Gasteiger partial charge in [0.15, 0.2) is 0 Å². The van der Waals surface area contributed by atoms with Crippen molar-refractivity contribution in [1.29, 1.82) is 0 Å². The van der Waals surface area contributed by atoms with E-state index < -0.39 is 12.2 Å². The van der Waals surface area contributed by atoms with Crippen molar-refractivity contribution in [1.82, 2.24) is 19.9 Å². The summed E-state index contributed by atoms with van der Waals surface area (Å²) in [4.78, 5) is 28.1. The number of aryl methyl sites for hydroxylation is 1. The number of amides is 1. The zero-order chi connectivity index (χ0) is 18.0. The zero-order valence-corrected chi connectivity index (χ0v) is 14.4. The van der Waals surface area contributed by atoms with Crippen molar-refractivity contribution in [3.05, 3.63) is 41.7 Å². The molecule has 2 heterocycles. The summed E-state index contributed by atoms with van der Waals surface area (Å²) >= 11 is 0. The lowest BCUT2D eigenvalue weighted by atomic mass is 10.1. The van der Waals surface area contributed by atoms with E-state index in [1.165, 1.54) is 22.1 Å². The summed E-state index contributed by atoms with van der Waals surface area (Å²) in [6, 6.07) is 5.41. The first-order valence-corrected chi connectivity index (χ1v) is 8.11. The zero-order valence-electron chi connectivity index (χ0n) is 14.4. The van der Waals surface area contributed by atoms with Crippen molar-refractivity contribution in [3.63, 3.8) is 0 Å². The number of rotatable bonds is 4. The molecule has 1 aromatic carbocycles. The maximum atomic E-state index is 13.1. The van der Waals surface area contributed by atoms with Crippen LogP contribution in [0.15, 0.2) is 30.6 Å². The average Bonchev–Trinajstić information content (AvgIpc) is 3.24. The Morgan fingerprint density at radius 3 is 2.72 bits per heavy atom. The van der Waals surface area contributed by atoms with Gasteiger partial charge in [0.1, 0.15) is 0 Å². The van der Waals surface area contributed by atoms with E-state index in [-0.39, 0.29) is 18.6 Å². The minimum absolute atomic E-state index is 0.224. The molecule has 0 bridgehead atoms. The van der Waals surface area contributed by atoms with E-state index in [0.717, 1.165) is 5.56 Å². The van der Waals surface area contributed by atoms with E-state index in [4.69, 9.17) is 9.47 Å². The van der Waals surface area contributed by atoms with Gasteiger partial charge in [-0.3, -0.25) is 4.79 Å². The Morgan fingerprint density at radius 2 is 2.04 bits per heavy atom. The topological polar surface area (TPSA) is 86.5 Å².